The fourth-order valence-corrected chi connectivity index (χ4v) is 10.8. The summed E-state index contributed by atoms with van der Waals surface area (Å²) in [6, 6.07) is 63.4. The predicted octanol–water partition coefficient (Wildman–Crippen LogP) is 12.9. The lowest BCUT2D eigenvalue weighted by Crippen LogP contribution is -1.97. The minimum absolute atomic E-state index is 0.657. The summed E-state index contributed by atoms with van der Waals surface area (Å²) in [5.41, 5.74) is 12.7. The first-order valence-corrected chi connectivity index (χ1v) is 19.9. The minimum Gasteiger partial charge on any atom is -0.309 e. The summed E-state index contributed by atoms with van der Waals surface area (Å²) in [4.78, 5) is 13.6. The summed E-state index contributed by atoms with van der Waals surface area (Å²) in [6.45, 7) is 0. The van der Waals surface area contributed by atoms with Gasteiger partial charge in [0.15, 0.2) is 5.82 Å². The molecule has 0 amide bonds. The van der Waals surface area contributed by atoms with Gasteiger partial charge in [-0.1, -0.05) is 140 Å². The number of fused-ring (bicyclic) bond motifs is 10. The summed E-state index contributed by atoms with van der Waals surface area (Å²) in [7, 11) is -0.657. The molecule has 1 atom stereocenters. The molecular weight excluding hydrogens is 663 g/mol. The summed E-state index contributed by atoms with van der Waals surface area (Å²) in [5.74, 6) is 0.765. The molecule has 1 unspecified atom stereocenters. The van der Waals surface area contributed by atoms with Crippen LogP contribution in [0.4, 0.5) is 0 Å². The first-order chi connectivity index (χ1) is 26.2. The lowest BCUT2D eigenvalue weighted by molar-refractivity contribution is 1.18. The number of para-hydroxylation sites is 1. The molecule has 0 saturated carbocycles. The lowest BCUT2D eigenvalue weighted by atomic mass is 9.96. The number of rotatable bonds is 4. The largest absolute Gasteiger partial charge is 0.309 e. The molecule has 53 heavy (non-hydrogen) atoms. The van der Waals surface area contributed by atoms with E-state index in [1.54, 1.807) is 0 Å². The van der Waals surface area contributed by atoms with Gasteiger partial charge < -0.3 is 4.57 Å². The van der Waals surface area contributed by atoms with E-state index in [0.29, 0.717) is 0 Å². The van der Waals surface area contributed by atoms with E-state index in [4.69, 9.17) is 9.97 Å². The van der Waals surface area contributed by atoms with Crippen LogP contribution in [-0.4, -0.2) is 20.8 Å². The van der Waals surface area contributed by atoms with Gasteiger partial charge in [-0.3, -0.25) is 0 Å². The lowest BCUT2D eigenvalue weighted by Gasteiger charge is -2.15. The second-order valence-corrected chi connectivity index (χ2v) is 15.9. The summed E-state index contributed by atoms with van der Waals surface area (Å²) >= 11 is 0. The van der Waals surface area contributed by atoms with Crippen molar-refractivity contribution in [2.24, 2.45) is 0 Å². The van der Waals surface area contributed by atoms with E-state index in [-0.39, 0.29) is 0 Å². The molecule has 3 nitrogen and oxygen atoms in total. The van der Waals surface area contributed by atoms with Crippen LogP contribution in [0.25, 0.3) is 94.1 Å². The molecule has 0 fully saturated rings. The van der Waals surface area contributed by atoms with Gasteiger partial charge in [0.25, 0.3) is 0 Å². The molecule has 1 aliphatic rings. The maximum Gasteiger partial charge on any atom is 0.161 e. The summed E-state index contributed by atoms with van der Waals surface area (Å²) in [5, 5.41) is 6.01. The number of nitrogens with zero attached hydrogens (tertiary/aromatic N) is 3. The van der Waals surface area contributed by atoms with Crippen molar-refractivity contribution in [2.45, 2.75) is 9.79 Å². The van der Waals surface area contributed by atoms with Crippen LogP contribution >= 0.6 is 10.9 Å². The Morgan fingerprint density at radius 1 is 0.491 bits per heavy atom. The zero-order valence-electron chi connectivity index (χ0n) is 29.0. The van der Waals surface area contributed by atoms with Gasteiger partial charge in [0, 0.05) is 48.8 Å². The summed E-state index contributed by atoms with van der Waals surface area (Å²) in [6.07, 6.45) is 2.43. The Hall–Kier alpha value is -6.49. The third-order valence-electron chi connectivity index (χ3n) is 10.9. The Labute approximate surface area is 310 Å². The Morgan fingerprint density at radius 3 is 2.06 bits per heavy atom. The number of thiol groups is 1. The van der Waals surface area contributed by atoms with Gasteiger partial charge in [-0.15, -0.1) is 0 Å². The van der Waals surface area contributed by atoms with Crippen LogP contribution in [0.3, 0.4) is 0 Å². The molecule has 8 aromatic carbocycles. The van der Waals surface area contributed by atoms with E-state index in [0.717, 1.165) is 38.9 Å². The standard InChI is InChI=1S/C49H33N3S/c1-53-43-25-13-23-39(49-50-46(33-17-6-3-7-18-33)40-27-26-32-16-8-9-21-36(32)47(40)51-49)44(43)38-28-29-42-45(48(38)53)37-22-10-11-24-41(37)52(42)35-20-12-19-34(30-35)31-14-4-2-5-15-31/h2-30,53H,1H3. The highest BCUT2D eigenvalue weighted by atomic mass is 32.2. The van der Waals surface area contributed by atoms with Crippen molar-refractivity contribution in [2.75, 3.05) is 6.26 Å². The molecule has 4 heteroatoms. The number of aromatic nitrogens is 3. The summed E-state index contributed by atoms with van der Waals surface area (Å²) < 4.78 is 2.45. The average molecular weight is 696 g/mol. The molecular formula is C49H33N3S. The molecule has 0 radical (unpaired) electrons. The molecule has 1 aliphatic heterocycles. The average Bonchev–Trinajstić information content (AvgIpc) is 3.72. The van der Waals surface area contributed by atoms with Gasteiger partial charge in [-0.05, 0) is 69.6 Å². The van der Waals surface area contributed by atoms with Gasteiger partial charge in [-0.25, -0.2) is 20.9 Å². The predicted molar refractivity (Wildman–Crippen MR) is 225 cm³/mol. The van der Waals surface area contributed by atoms with Crippen LogP contribution < -0.4 is 0 Å². The molecule has 0 bridgehead atoms. The Balaban J connectivity index is 1.16. The number of benzene rings is 8. The van der Waals surface area contributed by atoms with Crippen molar-refractivity contribution in [3.8, 4) is 50.6 Å². The molecule has 0 spiro atoms. The highest BCUT2D eigenvalue weighted by Crippen LogP contribution is 2.61. The van der Waals surface area contributed by atoms with Crippen molar-refractivity contribution in [3.63, 3.8) is 0 Å². The fraction of sp³-hybridized carbons (Fsp3) is 0.0204. The van der Waals surface area contributed by atoms with Crippen LogP contribution in [-0.2, 0) is 0 Å². The first kappa shape index (κ1) is 30.2. The zero-order chi connectivity index (χ0) is 35.0. The maximum atomic E-state index is 5.42. The highest BCUT2D eigenvalue weighted by molar-refractivity contribution is 8.17. The van der Waals surface area contributed by atoms with Gasteiger partial charge in [-0.2, -0.15) is 0 Å². The third-order valence-corrected chi connectivity index (χ3v) is 13.1. The second kappa shape index (κ2) is 11.8. The van der Waals surface area contributed by atoms with Gasteiger partial charge in [0.1, 0.15) is 0 Å². The Bertz CT molecular complexity index is 3070. The molecule has 10 aromatic rings. The van der Waals surface area contributed by atoms with Crippen LogP contribution in [0, 0.1) is 0 Å². The van der Waals surface area contributed by atoms with E-state index < -0.39 is 10.9 Å². The maximum absolute atomic E-state index is 5.42. The SMILES string of the molecule is C[SH]1c2cccc(-c3nc(-c4ccccc4)c4ccc5ccccc5c4n3)c2-c2ccc3c(c21)c1ccccc1n3-c1cccc(-c2ccccc2)c1. The van der Waals surface area contributed by atoms with Gasteiger partial charge in [0.05, 0.1) is 22.2 Å². The molecule has 2 aromatic heterocycles. The van der Waals surface area contributed by atoms with Crippen molar-refractivity contribution in [1.29, 1.82) is 0 Å². The van der Waals surface area contributed by atoms with Crippen molar-refractivity contribution in [1.82, 2.24) is 14.5 Å². The number of hydrogen-bond acceptors (Lipinski definition) is 2. The monoisotopic (exact) mass is 695 g/mol. The Morgan fingerprint density at radius 2 is 1.21 bits per heavy atom. The van der Waals surface area contributed by atoms with Crippen LogP contribution in [0.2, 0.25) is 0 Å². The van der Waals surface area contributed by atoms with Gasteiger partial charge >= 0.3 is 0 Å². The smallest absolute Gasteiger partial charge is 0.161 e. The first-order valence-electron chi connectivity index (χ1n) is 18.1. The molecule has 0 saturated heterocycles. The number of hydrogen-bond donors (Lipinski definition) is 1. The minimum atomic E-state index is -0.657. The van der Waals surface area contributed by atoms with Crippen molar-refractivity contribution < 1.29 is 0 Å². The zero-order valence-corrected chi connectivity index (χ0v) is 29.9. The van der Waals surface area contributed by atoms with E-state index >= 15 is 0 Å². The Kier molecular flexibility index (Phi) is 6.70. The molecule has 11 rings (SSSR count). The molecule has 0 N–H and O–H groups in total. The molecule has 0 aliphatic carbocycles. The van der Waals surface area contributed by atoms with Crippen LogP contribution in [0.15, 0.2) is 186 Å². The van der Waals surface area contributed by atoms with Crippen LogP contribution in [0.5, 0.6) is 0 Å². The highest BCUT2D eigenvalue weighted by Gasteiger charge is 2.31. The quantitative estimate of drug-likeness (QED) is 0.147. The van der Waals surface area contributed by atoms with E-state index in [9.17, 15) is 0 Å². The van der Waals surface area contributed by atoms with E-state index in [2.05, 4.69) is 187 Å². The van der Waals surface area contributed by atoms with Crippen LogP contribution in [0.1, 0.15) is 0 Å². The van der Waals surface area contributed by atoms with Crippen molar-refractivity contribution in [3.05, 3.63) is 176 Å². The third kappa shape index (κ3) is 4.56. The second-order valence-electron chi connectivity index (χ2n) is 13.8. The fourth-order valence-electron chi connectivity index (χ4n) is 8.54. The molecule has 250 valence electrons. The van der Waals surface area contributed by atoms with E-state index in [1.165, 1.54) is 64.9 Å². The molecule has 3 heterocycles. The van der Waals surface area contributed by atoms with Gasteiger partial charge in [0.2, 0.25) is 0 Å². The normalized spacial score (nSPS) is 14.2. The van der Waals surface area contributed by atoms with E-state index in [1.807, 2.05) is 0 Å². The van der Waals surface area contributed by atoms with Crippen molar-refractivity contribution >= 4 is 54.4 Å². The topological polar surface area (TPSA) is 30.7 Å².